The summed E-state index contributed by atoms with van der Waals surface area (Å²) in [6, 6.07) is 8.38. The smallest absolute Gasteiger partial charge is 0.228 e. The Morgan fingerprint density at radius 3 is 2.67 bits per heavy atom. The summed E-state index contributed by atoms with van der Waals surface area (Å²) in [5.41, 5.74) is 1.95. The van der Waals surface area contributed by atoms with E-state index >= 15 is 0 Å². The van der Waals surface area contributed by atoms with Gasteiger partial charge in [-0.15, -0.1) is 11.3 Å². The van der Waals surface area contributed by atoms with E-state index in [9.17, 15) is 4.79 Å². The van der Waals surface area contributed by atoms with Crippen LogP contribution in [0, 0.1) is 5.92 Å². The molecule has 1 aromatic heterocycles. The molecule has 24 heavy (non-hydrogen) atoms. The topological polar surface area (TPSA) is 54.5 Å². The highest BCUT2D eigenvalue weighted by Crippen LogP contribution is 2.29. The Morgan fingerprint density at radius 2 is 2.00 bits per heavy atom. The van der Waals surface area contributed by atoms with E-state index in [-0.39, 0.29) is 11.8 Å². The third-order valence-corrected chi connectivity index (χ3v) is 5.48. The standard InChI is InChI=1S/C17H21N3O2S2/c1-12(2)16(21)19-17-18-15(11-23-17)13-3-5-14(6-4-13)24-20-7-9-22-10-8-20/h3-6,11-12H,7-10H2,1-2H3,(H,18,19,21). The Bertz CT molecular complexity index is 679. The van der Waals surface area contributed by atoms with E-state index in [0.717, 1.165) is 37.6 Å². The molecule has 7 heteroatoms. The lowest BCUT2D eigenvalue weighted by Crippen LogP contribution is -2.30. The molecular formula is C17H21N3O2S2. The zero-order chi connectivity index (χ0) is 16.9. The molecule has 0 atom stereocenters. The largest absolute Gasteiger partial charge is 0.379 e. The van der Waals surface area contributed by atoms with Crippen molar-refractivity contribution in [3.63, 3.8) is 0 Å². The van der Waals surface area contributed by atoms with Gasteiger partial charge in [0, 0.05) is 34.8 Å². The number of thiazole rings is 1. The number of nitrogens with one attached hydrogen (secondary N) is 1. The lowest BCUT2D eigenvalue weighted by atomic mass is 10.2. The summed E-state index contributed by atoms with van der Waals surface area (Å²) in [6.07, 6.45) is 0. The van der Waals surface area contributed by atoms with Gasteiger partial charge in [0.05, 0.1) is 18.9 Å². The van der Waals surface area contributed by atoms with Gasteiger partial charge in [-0.1, -0.05) is 26.0 Å². The van der Waals surface area contributed by atoms with Crippen LogP contribution in [0.1, 0.15) is 13.8 Å². The number of nitrogens with zero attached hydrogens (tertiary/aromatic N) is 2. The second-order valence-electron chi connectivity index (χ2n) is 5.84. The normalized spacial score (nSPS) is 15.6. The number of anilines is 1. The van der Waals surface area contributed by atoms with Gasteiger partial charge in [-0.2, -0.15) is 0 Å². The average Bonchev–Trinajstić information content (AvgIpc) is 3.05. The number of carbonyl (C=O) groups is 1. The van der Waals surface area contributed by atoms with E-state index in [1.165, 1.54) is 16.2 Å². The molecule has 0 unspecified atom stereocenters. The maximum Gasteiger partial charge on any atom is 0.228 e. The maximum atomic E-state index is 11.7. The minimum atomic E-state index is -0.0474. The van der Waals surface area contributed by atoms with Gasteiger partial charge in [0.25, 0.3) is 0 Å². The molecule has 2 heterocycles. The van der Waals surface area contributed by atoms with Crippen molar-refractivity contribution in [1.82, 2.24) is 9.29 Å². The Morgan fingerprint density at radius 1 is 1.29 bits per heavy atom. The van der Waals surface area contributed by atoms with Crippen molar-refractivity contribution >= 4 is 34.3 Å². The Balaban J connectivity index is 1.63. The van der Waals surface area contributed by atoms with Gasteiger partial charge in [-0.3, -0.25) is 4.79 Å². The summed E-state index contributed by atoms with van der Waals surface area (Å²) >= 11 is 3.22. The molecule has 0 radical (unpaired) electrons. The molecule has 1 aliphatic heterocycles. The van der Waals surface area contributed by atoms with Gasteiger partial charge >= 0.3 is 0 Å². The van der Waals surface area contributed by atoms with Crippen molar-refractivity contribution in [2.24, 2.45) is 5.92 Å². The quantitative estimate of drug-likeness (QED) is 0.820. The minimum absolute atomic E-state index is 0.00633. The Kier molecular flexibility index (Phi) is 5.89. The average molecular weight is 364 g/mol. The monoisotopic (exact) mass is 363 g/mol. The fourth-order valence-electron chi connectivity index (χ4n) is 2.19. The lowest BCUT2D eigenvalue weighted by molar-refractivity contribution is -0.118. The SMILES string of the molecule is CC(C)C(=O)Nc1nc(-c2ccc(SN3CCOCC3)cc2)cs1. The van der Waals surface area contributed by atoms with Gasteiger partial charge in [0.15, 0.2) is 5.13 Å². The molecule has 1 aromatic carbocycles. The zero-order valence-electron chi connectivity index (χ0n) is 13.8. The molecular weight excluding hydrogens is 342 g/mol. The first-order chi connectivity index (χ1) is 11.6. The van der Waals surface area contributed by atoms with Crippen LogP contribution in [0.15, 0.2) is 34.5 Å². The van der Waals surface area contributed by atoms with Crippen molar-refractivity contribution in [1.29, 1.82) is 0 Å². The van der Waals surface area contributed by atoms with E-state index in [1.54, 1.807) is 11.9 Å². The number of amides is 1. The zero-order valence-corrected chi connectivity index (χ0v) is 15.5. The molecule has 1 saturated heterocycles. The third kappa shape index (κ3) is 4.57. The second kappa shape index (κ2) is 8.11. The molecule has 0 bridgehead atoms. The number of hydrogen-bond acceptors (Lipinski definition) is 6. The highest BCUT2D eigenvalue weighted by Gasteiger charge is 2.13. The van der Waals surface area contributed by atoms with Gasteiger partial charge < -0.3 is 10.1 Å². The number of rotatable bonds is 5. The molecule has 1 N–H and O–H groups in total. The highest BCUT2D eigenvalue weighted by atomic mass is 32.2. The molecule has 1 aliphatic rings. The molecule has 0 aliphatic carbocycles. The van der Waals surface area contributed by atoms with Crippen molar-refractivity contribution in [2.45, 2.75) is 18.7 Å². The van der Waals surface area contributed by atoms with Crippen molar-refractivity contribution in [2.75, 3.05) is 31.6 Å². The van der Waals surface area contributed by atoms with Crippen LogP contribution in [0.5, 0.6) is 0 Å². The third-order valence-electron chi connectivity index (χ3n) is 3.61. The van der Waals surface area contributed by atoms with Crippen LogP contribution in [-0.2, 0) is 9.53 Å². The van der Waals surface area contributed by atoms with Crippen LogP contribution in [0.25, 0.3) is 11.3 Å². The van der Waals surface area contributed by atoms with Crippen LogP contribution in [0.2, 0.25) is 0 Å². The van der Waals surface area contributed by atoms with Gasteiger partial charge in [-0.25, -0.2) is 9.29 Å². The first-order valence-electron chi connectivity index (χ1n) is 7.99. The predicted molar refractivity (Wildman–Crippen MR) is 99.3 cm³/mol. The summed E-state index contributed by atoms with van der Waals surface area (Å²) < 4.78 is 7.69. The van der Waals surface area contributed by atoms with Gasteiger partial charge in [0.2, 0.25) is 5.91 Å². The minimum Gasteiger partial charge on any atom is -0.379 e. The highest BCUT2D eigenvalue weighted by molar-refractivity contribution is 7.97. The number of carbonyl (C=O) groups excluding carboxylic acids is 1. The van der Waals surface area contributed by atoms with E-state index in [4.69, 9.17) is 4.74 Å². The van der Waals surface area contributed by atoms with E-state index < -0.39 is 0 Å². The predicted octanol–water partition coefficient (Wildman–Crippen LogP) is 3.74. The molecule has 1 amide bonds. The van der Waals surface area contributed by atoms with Crippen LogP contribution >= 0.6 is 23.3 Å². The number of aromatic nitrogens is 1. The van der Waals surface area contributed by atoms with E-state index in [1.807, 2.05) is 19.2 Å². The molecule has 0 saturated carbocycles. The fraction of sp³-hybridized carbons (Fsp3) is 0.412. The van der Waals surface area contributed by atoms with Crippen molar-refractivity contribution in [3.8, 4) is 11.3 Å². The Hall–Kier alpha value is -1.41. The molecule has 5 nitrogen and oxygen atoms in total. The molecule has 128 valence electrons. The fourth-order valence-corrected chi connectivity index (χ4v) is 3.80. The first-order valence-corrected chi connectivity index (χ1v) is 9.64. The van der Waals surface area contributed by atoms with E-state index in [2.05, 4.69) is 38.9 Å². The van der Waals surface area contributed by atoms with Crippen molar-refractivity contribution in [3.05, 3.63) is 29.6 Å². The summed E-state index contributed by atoms with van der Waals surface area (Å²) in [5, 5.41) is 5.46. The number of morpholine rings is 1. The van der Waals surface area contributed by atoms with Crippen LogP contribution in [-0.4, -0.2) is 41.5 Å². The van der Waals surface area contributed by atoms with Crippen LogP contribution < -0.4 is 5.32 Å². The Labute approximate surface area is 150 Å². The molecule has 0 spiro atoms. The summed E-state index contributed by atoms with van der Waals surface area (Å²) in [5.74, 6) is -0.0537. The molecule has 3 rings (SSSR count). The first kappa shape index (κ1) is 17.4. The van der Waals surface area contributed by atoms with Gasteiger partial charge in [0.1, 0.15) is 0 Å². The second-order valence-corrected chi connectivity index (χ2v) is 7.87. The number of benzene rings is 1. The molecule has 2 aromatic rings. The molecule has 1 fully saturated rings. The van der Waals surface area contributed by atoms with E-state index in [0.29, 0.717) is 5.13 Å². The summed E-state index contributed by atoms with van der Waals surface area (Å²) in [6.45, 7) is 7.25. The summed E-state index contributed by atoms with van der Waals surface area (Å²) in [4.78, 5) is 17.4. The van der Waals surface area contributed by atoms with Crippen molar-refractivity contribution < 1.29 is 9.53 Å². The van der Waals surface area contributed by atoms with Gasteiger partial charge in [-0.05, 0) is 24.1 Å². The van der Waals surface area contributed by atoms with Crippen LogP contribution in [0.4, 0.5) is 5.13 Å². The number of ether oxygens (including phenoxy) is 1. The number of hydrogen-bond donors (Lipinski definition) is 1. The maximum absolute atomic E-state index is 11.7. The lowest BCUT2D eigenvalue weighted by Gasteiger charge is -2.25. The van der Waals surface area contributed by atoms with Crippen LogP contribution in [0.3, 0.4) is 0 Å². The summed E-state index contributed by atoms with van der Waals surface area (Å²) in [7, 11) is 0.